The quantitative estimate of drug-likeness (QED) is 0.368. The summed E-state index contributed by atoms with van der Waals surface area (Å²) in [4.78, 5) is 20.7. The van der Waals surface area contributed by atoms with Crippen LogP contribution in [-0.4, -0.2) is 39.1 Å². The lowest BCUT2D eigenvalue weighted by molar-refractivity contribution is 0.0593. The number of pyridine rings is 1. The number of ether oxygens (including phenoxy) is 1. The van der Waals surface area contributed by atoms with Gasteiger partial charge in [-0.2, -0.15) is 0 Å². The van der Waals surface area contributed by atoms with E-state index in [1.807, 2.05) is 0 Å². The van der Waals surface area contributed by atoms with Crippen LogP contribution in [0, 0.1) is 0 Å². The minimum absolute atomic E-state index is 0.00144. The highest BCUT2D eigenvalue weighted by Crippen LogP contribution is 2.12. The molecule has 1 N–H and O–H groups in total. The van der Waals surface area contributed by atoms with Crippen LogP contribution in [0.3, 0.4) is 0 Å². The number of methoxy groups -OCH3 is 1. The molecule has 0 aliphatic heterocycles. The Morgan fingerprint density at radius 2 is 2.20 bits per heavy atom. The first-order valence-corrected chi connectivity index (χ1v) is 7.09. The van der Waals surface area contributed by atoms with Gasteiger partial charge in [-0.1, -0.05) is 11.2 Å². The number of oxime groups is 1. The first kappa shape index (κ1) is 16.3. The number of esters is 1. The molecule has 1 heterocycles. The monoisotopic (exact) mass is 300 g/mol. The van der Waals surface area contributed by atoms with Gasteiger partial charge in [0.2, 0.25) is 0 Å². The molecule has 8 heteroatoms. The summed E-state index contributed by atoms with van der Waals surface area (Å²) < 4.78 is 24.4. The van der Waals surface area contributed by atoms with Crippen molar-refractivity contribution in [2.45, 2.75) is 19.6 Å². The largest absolute Gasteiger partial charge is 0.464 e. The summed E-state index contributed by atoms with van der Waals surface area (Å²) in [7, 11) is 1.22. The van der Waals surface area contributed by atoms with Crippen LogP contribution in [-0.2, 0) is 26.4 Å². The fourth-order valence-corrected chi connectivity index (χ4v) is 1.92. The van der Waals surface area contributed by atoms with E-state index in [0.29, 0.717) is 23.6 Å². The summed E-state index contributed by atoms with van der Waals surface area (Å²) >= 11 is -2.07. The zero-order valence-electron chi connectivity index (χ0n) is 11.5. The zero-order chi connectivity index (χ0) is 15.1. The molecule has 1 unspecified atom stereocenters. The highest BCUT2D eigenvalue weighted by atomic mass is 32.2. The standard InChI is InChI=1S/C12H16N2O5S/c1-4-19-14-8(2)10-6-5-9(7-20(16)17)11(13-10)12(15)18-3/h5-6H,4,7H2,1-3H3,(H,16,17)/b14-8+. The molecule has 0 saturated carbocycles. The Kier molecular flexibility index (Phi) is 6.26. The molecule has 7 nitrogen and oxygen atoms in total. The topological polar surface area (TPSA) is 98.1 Å². The van der Waals surface area contributed by atoms with Gasteiger partial charge in [-0.05, 0) is 19.9 Å². The second kappa shape index (κ2) is 7.71. The normalized spacial score (nSPS) is 12.9. The Morgan fingerprint density at radius 3 is 2.75 bits per heavy atom. The van der Waals surface area contributed by atoms with E-state index in [-0.39, 0.29) is 11.4 Å². The van der Waals surface area contributed by atoms with Gasteiger partial charge in [0.25, 0.3) is 0 Å². The molecule has 0 amide bonds. The summed E-state index contributed by atoms with van der Waals surface area (Å²) in [5.74, 6) is -0.865. The van der Waals surface area contributed by atoms with Gasteiger partial charge < -0.3 is 14.1 Å². The number of carbonyl (C=O) groups excluding carboxylic acids is 1. The van der Waals surface area contributed by atoms with Crippen molar-refractivity contribution in [2.75, 3.05) is 13.7 Å². The highest BCUT2D eigenvalue weighted by molar-refractivity contribution is 7.78. The van der Waals surface area contributed by atoms with Gasteiger partial charge in [0.15, 0.2) is 16.8 Å². The molecule has 1 atom stereocenters. The molecule has 0 bridgehead atoms. The molecule has 20 heavy (non-hydrogen) atoms. The van der Waals surface area contributed by atoms with Gasteiger partial charge >= 0.3 is 5.97 Å². The fourth-order valence-electron chi connectivity index (χ4n) is 1.42. The summed E-state index contributed by atoms with van der Waals surface area (Å²) in [6.45, 7) is 3.90. The van der Waals surface area contributed by atoms with E-state index in [1.54, 1.807) is 26.0 Å². The molecule has 110 valence electrons. The van der Waals surface area contributed by atoms with Crippen molar-refractivity contribution in [1.82, 2.24) is 4.98 Å². The van der Waals surface area contributed by atoms with E-state index in [1.165, 1.54) is 7.11 Å². The third kappa shape index (κ3) is 4.39. The third-order valence-electron chi connectivity index (χ3n) is 2.34. The summed E-state index contributed by atoms with van der Waals surface area (Å²) in [5, 5.41) is 3.82. The molecule has 0 spiro atoms. The van der Waals surface area contributed by atoms with Crippen LogP contribution >= 0.6 is 0 Å². The lowest BCUT2D eigenvalue weighted by atomic mass is 10.1. The molecule has 0 saturated heterocycles. The second-order valence-electron chi connectivity index (χ2n) is 3.76. The van der Waals surface area contributed by atoms with Crippen molar-refractivity contribution in [3.05, 3.63) is 29.1 Å². The van der Waals surface area contributed by atoms with Gasteiger partial charge in [0.05, 0.1) is 18.6 Å². The number of hydrogen-bond donors (Lipinski definition) is 1. The van der Waals surface area contributed by atoms with Crippen LogP contribution in [0.1, 0.15) is 35.6 Å². The maximum absolute atomic E-state index is 11.7. The average Bonchev–Trinajstić information content (AvgIpc) is 2.43. The molecule has 1 aromatic rings. The van der Waals surface area contributed by atoms with Crippen molar-refractivity contribution in [2.24, 2.45) is 5.16 Å². The van der Waals surface area contributed by atoms with E-state index in [9.17, 15) is 9.00 Å². The molecule has 1 aromatic heterocycles. The highest BCUT2D eigenvalue weighted by Gasteiger charge is 2.17. The Labute approximate surface area is 119 Å². The first-order valence-electron chi connectivity index (χ1n) is 5.82. The predicted octanol–water partition coefficient (Wildman–Crippen LogP) is 1.35. The average molecular weight is 300 g/mol. The lowest BCUT2D eigenvalue weighted by Gasteiger charge is -2.08. The number of aromatic nitrogens is 1. The Hall–Kier alpha value is -1.80. The molecule has 1 rings (SSSR count). The van der Waals surface area contributed by atoms with Crippen molar-refractivity contribution >= 4 is 22.8 Å². The number of rotatable bonds is 6. The van der Waals surface area contributed by atoms with Gasteiger partial charge in [0, 0.05) is 5.56 Å². The van der Waals surface area contributed by atoms with E-state index in [2.05, 4.69) is 14.9 Å². The maximum Gasteiger partial charge on any atom is 0.356 e. The first-order chi connectivity index (χ1) is 9.49. The van der Waals surface area contributed by atoms with Crippen LogP contribution in [0.25, 0.3) is 0 Å². The maximum atomic E-state index is 11.7. The van der Waals surface area contributed by atoms with Crippen molar-refractivity contribution in [3.63, 3.8) is 0 Å². The number of nitrogens with zero attached hydrogens (tertiary/aromatic N) is 2. The summed E-state index contributed by atoms with van der Waals surface area (Å²) in [5.41, 5.74) is 1.27. The third-order valence-corrected chi connectivity index (χ3v) is 2.90. The smallest absolute Gasteiger partial charge is 0.356 e. The van der Waals surface area contributed by atoms with Crippen LogP contribution in [0.5, 0.6) is 0 Å². The fraction of sp³-hybridized carbons (Fsp3) is 0.417. The van der Waals surface area contributed by atoms with Gasteiger partial charge in [0.1, 0.15) is 12.3 Å². The van der Waals surface area contributed by atoms with Crippen molar-refractivity contribution in [1.29, 1.82) is 0 Å². The molecule has 0 aliphatic carbocycles. The minimum atomic E-state index is -2.07. The van der Waals surface area contributed by atoms with Crippen LogP contribution in [0.15, 0.2) is 17.3 Å². The van der Waals surface area contributed by atoms with E-state index in [4.69, 9.17) is 9.39 Å². The van der Waals surface area contributed by atoms with E-state index >= 15 is 0 Å². The minimum Gasteiger partial charge on any atom is -0.464 e. The summed E-state index contributed by atoms with van der Waals surface area (Å²) in [6.07, 6.45) is 0. The lowest BCUT2D eigenvalue weighted by Crippen LogP contribution is -2.13. The number of carbonyl (C=O) groups is 1. The van der Waals surface area contributed by atoms with Gasteiger partial charge in [-0.25, -0.2) is 14.0 Å². The van der Waals surface area contributed by atoms with E-state index in [0.717, 1.165) is 0 Å². The summed E-state index contributed by atoms with van der Waals surface area (Å²) in [6, 6.07) is 3.15. The van der Waals surface area contributed by atoms with Gasteiger partial charge in [-0.15, -0.1) is 0 Å². The predicted molar refractivity (Wildman–Crippen MR) is 73.9 cm³/mol. The second-order valence-corrected chi connectivity index (χ2v) is 4.69. The van der Waals surface area contributed by atoms with E-state index < -0.39 is 17.0 Å². The Balaban J connectivity index is 3.20. The molecular weight excluding hydrogens is 284 g/mol. The van der Waals surface area contributed by atoms with Crippen LogP contribution in [0.4, 0.5) is 0 Å². The number of hydrogen-bond acceptors (Lipinski definition) is 6. The Bertz CT molecular complexity index is 545. The zero-order valence-corrected chi connectivity index (χ0v) is 12.3. The van der Waals surface area contributed by atoms with Crippen molar-refractivity contribution < 1.29 is 23.1 Å². The molecular formula is C12H16N2O5S. The molecule has 0 radical (unpaired) electrons. The molecule has 0 aliphatic rings. The van der Waals surface area contributed by atoms with Crippen LogP contribution < -0.4 is 0 Å². The van der Waals surface area contributed by atoms with Gasteiger partial charge in [-0.3, -0.25) is 0 Å². The van der Waals surface area contributed by atoms with Crippen molar-refractivity contribution in [3.8, 4) is 0 Å². The van der Waals surface area contributed by atoms with Crippen LogP contribution in [0.2, 0.25) is 0 Å². The molecule has 0 fully saturated rings. The molecule has 0 aromatic carbocycles. The Morgan fingerprint density at radius 1 is 1.50 bits per heavy atom. The SMILES string of the molecule is CCO/N=C(\C)c1ccc(CS(=O)O)c(C(=O)OC)n1.